The van der Waals surface area contributed by atoms with Crippen LogP contribution in [-0.4, -0.2) is 42.2 Å². The Morgan fingerprint density at radius 2 is 1.56 bits per heavy atom. The van der Waals surface area contributed by atoms with Gasteiger partial charge >= 0.3 is 0 Å². The summed E-state index contributed by atoms with van der Waals surface area (Å²) in [6, 6.07) is 24.8. The van der Waals surface area contributed by atoms with Crippen molar-refractivity contribution in [3.05, 3.63) is 112 Å². The van der Waals surface area contributed by atoms with Gasteiger partial charge in [0.15, 0.2) is 0 Å². The summed E-state index contributed by atoms with van der Waals surface area (Å²) in [5.74, 6) is -0.150. The number of aliphatic hydroxyl groups is 1. The van der Waals surface area contributed by atoms with E-state index < -0.39 is 6.04 Å². The Hall–Kier alpha value is -3.21. The SMILES string of the molecule is Cc1ccc(CNC(=O)C(CO)N(C)CCC=C2c3ccccc3CCc3ccccc32)cc1. The molecule has 0 spiro atoms. The smallest absolute Gasteiger partial charge is 0.239 e. The third kappa shape index (κ3) is 5.64. The molecule has 0 aromatic heterocycles. The van der Waals surface area contributed by atoms with Gasteiger partial charge in [0, 0.05) is 13.1 Å². The molecule has 0 fully saturated rings. The van der Waals surface area contributed by atoms with E-state index in [4.69, 9.17) is 0 Å². The third-order valence-corrected chi connectivity index (χ3v) is 6.70. The standard InChI is InChI=1S/C30H34N2O2/c1-22-13-15-23(16-14-22)20-31-30(34)29(21-33)32(2)19-7-12-28-26-10-5-3-8-24(26)17-18-25-9-4-6-11-27(25)28/h3-6,8-16,29,33H,7,17-21H2,1-2H3,(H,31,34). The average molecular weight is 455 g/mol. The first kappa shape index (κ1) is 23.9. The zero-order valence-electron chi connectivity index (χ0n) is 20.1. The van der Waals surface area contributed by atoms with Crippen LogP contribution in [0.1, 0.15) is 39.8 Å². The first-order chi connectivity index (χ1) is 16.6. The molecule has 0 heterocycles. The quantitative estimate of drug-likeness (QED) is 0.526. The highest BCUT2D eigenvalue weighted by Gasteiger charge is 2.22. The maximum atomic E-state index is 12.8. The molecular formula is C30H34N2O2. The van der Waals surface area contributed by atoms with Gasteiger partial charge in [-0.25, -0.2) is 0 Å². The second-order valence-electron chi connectivity index (χ2n) is 9.10. The molecule has 4 rings (SSSR count). The lowest BCUT2D eigenvalue weighted by Crippen LogP contribution is -2.47. The minimum atomic E-state index is -0.572. The number of carbonyl (C=O) groups excluding carboxylic acids is 1. The molecule has 4 heteroatoms. The van der Waals surface area contributed by atoms with Crippen LogP contribution in [0.25, 0.3) is 5.57 Å². The molecular weight excluding hydrogens is 420 g/mol. The van der Waals surface area contributed by atoms with Crippen LogP contribution in [0.2, 0.25) is 0 Å². The summed E-state index contributed by atoms with van der Waals surface area (Å²) in [4.78, 5) is 14.7. The molecule has 176 valence electrons. The van der Waals surface area contributed by atoms with Crippen LogP contribution in [0.5, 0.6) is 0 Å². The number of hydrogen-bond acceptors (Lipinski definition) is 3. The number of nitrogens with one attached hydrogen (secondary N) is 1. The Bertz CT molecular complexity index is 1100. The third-order valence-electron chi connectivity index (χ3n) is 6.70. The van der Waals surface area contributed by atoms with E-state index in [1.165, 1.54) is 33.4 Å². The summed E-state index contributed by atoms with van der Waals surface area (Å²) in [6.45, 7) is 2.97. The second-order valence-corrected chi connectivity index (χ2v) is 9.10. The number of amides is 1. The summed E-state index contributed by atoms with van der Waals surface area (Å²) in [5.41, 5.74) is 8.85. The van der Waals surface area contributed by atoms with E-state index >= 15 is 0 Å². The fraction of sp³-hybridized carbons (Fsp3) is 0.300. The molecule has 0 aliphatic heterocycles. The number of hydrogen-bond donors (Lipinski definition) is 2. The molecule has 34 heavy (non-hydrogen) atoms. The molecule has 1 amide bonds. The van der Waals surface area contributed by atoms with Crippen molar-refractivity contribution in [2.75, 3.05) is 20.2 Å². The molecule has 2 N–H and O–H groups in total. The molecule has 0 saturated heterocycles. The zero-order valence-corrected chi connectivity index (χ0v) is 20.1. The van der Waals surface area contributed by atoms with Gasteiger partial charge in [-0.2, -0.15) is 0 Å². The van der Waals surface area contributed by atoms with Crippen LogP contribution < -0.4 is 5.32 Å². The molecule has 4 nitrogen and oxygen atoms in total. The molecule has 1 aliphatic rings. The lowest BCUT2D eigenvalue weighted by atomic mass is 9.93. The Labute approximate surface area is 202 Å². The van der Waals surface area contributed by atoms with E-state index in [0.29, 0.717) is 13.1 Å². The lowest BCUT2D eigenvalue weighted by Gasteiger charge is -2.25. The number of fused-ring (bicyclic) bond motifs is 2. The van der Waals surface area contributed by atoms with E-state index in [9.17, 15) is 9.90 Å². The van der Waals surface area contributed by atoms with E-state index in [-0.39, 0.29) is 12.5 Å². The predicted octanol–water partition coefficient (Wildman–Crippen LogP) is 4.52. The summed E-state index contributed by atoms with van der Waals surface area (Å²) in [6.07, 6.45) is 5.16. The summed E-state index contributed by atoms with van der Waals surface area (Å²) >= 11 is 0. The van der Waals surface area contributed by atoms with Gasteiger partial charge in [-0.1, -0.05) is 84.4 Å². The molecule has 3 aromatic rings. The molecule has 0 saturated carbocycles. The fourth-order valence-corrected chi connectivity index (χ4v) is 4.64. The zero-order chi connectivity index (χ0) is 23.9. The molecule has 1 unspecified atom stereocenters. The van der Waals surface area contributed by atoms with Crippen LogP contribution in [0, 0.1) is 6.92 Å². The van der Waals surface area contributed by atoms with Crippen LogP contribution >= 0.6 is 0 Å². The highest BCUT2D eigenvalue weighted by atomic mass is 16.3. The first-order valence-corrected chi connectivity index (χ1v) is 12.1. The van der Waals surface area contributed by atoms with Crippen molar-refractivity contribution in [3.63, 3.8) is 0 Å². The number of aryl methyl sites for hydroxylation is 3. The van der Waals surface area contributed by atoms with Gasteiger partial charge in [0.1, 0.15) is 6.04 Å². The summed E-state index contributed by atoms with van der Waals surface area (Å²) < 4.78 is 0. The van der Waals surface area contributed by atoms with Gasteiger partial charge < -0.3 is 10.4 Å². The Morgan fingerprint density at radius 3 is 2.15 bits per heavy atom. The lowest BCUT2D eigenvalue weighted by molar-refractivity contribution is -0.127. The number of benzene rings is 3. The Balaban J connectivity index is 1.43. The molecule has 0 bridgehead atoms. The monoisotopic (exact) mass is 454 g/mol. The Morgan fingerprint density at radius 1 is 0.971 bits per heavy atom. The second kappa shape index (κ2) is 11.3. The minimum absolute atomic E-state index is 0.150. The Kier molecular flexibility index (Phi) is 7.94. The van der Waals surface area contributed by atoms with Crippen LogP contribution in [0.15, 0.2) is 78.9 Å². The minimum Gasteiger partial charge on any atom is -0.394 e. The average Bonchev–Trinajstić information content (AvgIpc) is 3.01. The van der Waals surface area contributed by atoms with Crippen molar-refractivity contribution < 1.29 is 9.90 Å². The van der Waals surface area contributed by atoms with E-state index in [2.05, 4.69) is 59.9 Å². The number of carbonyl (C=O) groups is 1. The van der Waals surface area contributed by atoms with Crippen molar-refractivity contribution in [1.82, 2.24) is 10.2 Å². The maximum absolute atomic E-state index is 12.8. The van der Waals surface area contributed by atoms with E-state index in [1.54, 1.807) is 0 Å². The molecule has 1 aliphatic carbocycles. The van der Waals surface area contributed by atoms with Crippen molar-refractivity contribution in [2.45, 2.75) is 38.8 Å². The van der Waals surface area contributed by atoms with Crippen molar-refractivity contribution >= 4 is 11.5 Å². The highest BCUT2D eigenvalue weighted by molar-refractivity contribution is 5.84. The number of rotatable bonds is 8. The van der Waals surface area contributed by atoms with Crippen molar-refractivity contribution in [3.8, 4) is 0 Å². The van der Waals surface area contributed by atoms with E-state index in [0.717, 1.165) is 24.8 Å². The summed E-state index contributed by atoms with van der Waals surface area (Å²) in [7, 11) is 1.90. The largest absolute Gasteiger partial charge is 0.394 e. The van der Waals surface area contributed by atoms with Crippen molar-refractivity contribution in [1.29, 1.82) is 0 Å². The van der Waals surface area contributed by atoms with Gasteiger partial charge in [-0.05, 0) is 66.6 Å². The maximum Gasteiger partial charge on any atom is 0.239 e. The number of nitrogens with zero attached hydrogens (tertiary/aromatic N) is 1. The van der Waals surface area contributed by atoms with Gasteiger partial charge in [-0.15, -0.1) is 0 Å². The van der Waals surface area contributed by atoms with Gasteiger partial charge in [0.25, 0.3) is 0 Å². The first-order valence-electron chi connectivity index (χ1n) is 12.1. The van der Waals surface area contributed by atoms with Gasteiger partial charge in [0.05, 0.1) is 6.61 Å². The van der Waals surface area contributed by atoms with Crippen LogP contribution in [0.4, 0.5) is 0 Å². The van der Waals surface area contributed by atoms with Gasteiger partial charge in [0.2, 0.25) is 5.91 Å². The molecule has 1 atom stereocenters. The normalized spacial score (nSPS) is 13.6. The molecule has 3 aromatic carbocycles. The number of likely N-dealkylation sites (N-methyl/N-ethyl adjacent to an activating group) is 1. The highest BCUT2D eigenvalue weighted by Crippen LogP contribution is 2.33. The van der Waals surface area contributed by atoms with Crippen molar-refractivity contribution in [2.24, 2.45) is 0 Å². The van der Waals surface area contributed by atoms with Gasteiger partial charge in [-0.3, -0.25) is 9.69 Å². The molecule has 0 radical (unpaired) electrons. The van der Waals surface area contributed by atoms with Crippen LogP contribution in [0.3, 0.4) is 0 Å². The predicted molar refractivity (Wildman–Crippen MR) is 139 cm³/mol. The number of aliphatic hydroxyl groups excluding tert-OH is 1. The van der Waals surface area contributed by atoms with E-state index in [1.807, 2.05) is 43.1 Å². The van der Waals surface area contributed by atoms with Crippen LogP contribution in [-0.2, 0) is 24.2 Å². The summed E-state index contributed by atoms with van der Waals surface area (Å²) in [5, 5.41) is 12.9. The topological polar surface area (TPSA) is 52.6 Å². The fourth-order valence-electron chi connectivity index (χ4n) is 4.64.